The van der Waals surface area contributed by atoms with Gasteiger partial charge in [-0.2, -0.15) is 4.58 Å². The number of hydrogen-bond acceptors (Lipinski definition) is 4. The maximum atomic E-state index is 12.5. The van der Waals surface area contributed by atoms with Crippen LogP contribution in [0, 0.1) is 0 Å². The summed E-state index contributed by atoms with van der Waals surface area (Å²) < 4.78 is 2.14. The van der Waals surface area contributed by atoms with Crippen molar-refractivity contribution in [3.05, 3.63) is 29.8 Å². The third kappa shape index (κ3) is 4.45. The van der Waals surface area contributed by atoms with E-state index in [4.69, 9.17) is 0 Å². The van der Waals surface area contributed by atoms with E-state index in [2.05, 4.69) is 64.0 Å². The molecular weight excluding hydrogens is 314 g/mol. The third-order valence-electron chi connectivity index (χ3n) is 4.94. The van der Waals surface area contributed by atoms with Crippen molar-refractivity contribution in [2.75, 3.05) is 47.7 Å². The highest BCUT2D eigenvalue weighted by atomic mass is 16.2. The molecule has 0 unspecified atom stereocenters. The molecule has 1 amide bonds. The summed E-state index contributed by atoms with van der Waals surface area (Å²) in [5.41, 5.74) is 3.60. The molecule has 6 nitrogen and oxygen atoms in total. The molecule has 1 aromatic rings. The zero-order valence-electron chi connectivity index (χ0n) is 16.4. The van der Waals surface area contributed by atoms with E-state index in [1.54, 1.807) is 0 Å². The van der Waals surface area contributed by atoms with Gasteiger partial charge in [0.15, 0.2) is 5.71 Å². The number of fused-ring (bicyclic) bond motifs is 1. The van der Waals surface area contributed by atoms with Crippen LogP contribution in [0.2, 0.25) is 0 Å². The quantitative estimate of drug-likeness (QED) is 0.548. The lowest BCUT2D eigenvalue weighted by Gasteiger charge is -2.24. The lowest BCUT2D eigenvalue weighted by atomic mass is 9.82. The van der Waals surface area contributed by atoms with Gasteiger partial charge in [-0.25, -0.2) is 0 Å². The number of hydrogen-bond donors (Lipinski definition) is 2. The van der Waals surface area contributed by atoms with Crippen LogP contribution in [0.25, 0.3) is 0 Å². The van der Waals surface area contributed by atoms with Crippen molar-refractivity contribution >= 4 is 17.3 Å². The Balaban J connectivity index is 1.96. The summed E-state index contributed by atoms with van der Waals surface area (Å²) in [5, 5.41) is 6.13. The van der Waals surface area contributed by atoms with Crippen LogP contribution in [0.15, 0.2) is 24.3 Å². The van der Waals surface area contributed by atoms with E-state index in [9.17, 15) is 4.79 Å². The van der Waals surface area contributed by atoms with Crippen LogP contribution in [0.5, 0.6) is 0 Å². The Labute approximate surface area is 151 Å². The number of rotatable bonds is 8. The maximum absolute atomic E-state index is 12.5. The average Bonchev–Trinajstić information content (AvgIpc) is 2.75. The molecule has 0 saturated heterocycles. The molecule has 0 aromatic heterocycles. The minimum atomic E-state index is -0.0382. The van der Waals surface area contributed by atoms with Crippen molar-refractivity contribution < 1.29 is 9.37 Å². The number of nitrogens with one attached hydrogen (secondary N) is 2. The monoisotopic (exact) mass is 346 g/mol. The molecule has 25 heavy (non-hydrogen) atoms. The second-order valence-corrected chi connectivity index (χ2v) is 7.44. The topological polar surface area (TPSA) is 50.6 Å². The molecule has 138 valence electrons. The minimum Gasteiger partial charge on any atom is -0.338 e. The molecule has 2 N–H and O–H groups in total. The molecule has 0 saturated carbocycles. The van der Waals surface area contributed by atoms with E-state index in [1.807, 2.05) is 27.2 Å². The molecule has 0 fully saturated rings. The Morgan fingerprint density at radius 3 is 2.48 bits per heavy atom. The number of carbonyl (C=O) groups excluding carboxylic acids is 1. The van der Waals surface area contributed by atoms with Crippen LogP contribution in [0.1, 0.15) is 26.3 Å². The molecule has 0 atom stereocenters. The van der Waals surface area contributed by atoms with Crippen LogP contribution in [0.4, 0.5) is 5.69 Å². The van der Waals surface area contributed by atoms with Gasteiger partial charge in [0.2, 0.25) is 12.2 Å². The first kappa shape index (κ1) is 19.6. The maximum Gasteiger partial charge on any atom is 0.287 e. The zero-order valence-corrected chi connectivity index (χ0v) is 16.4. The molecule has 1 heterocycles. The summed E-state index contributed by atoms with van der Waals surface area (Å²) in [6.45, 7) is 9.02. The lowest BCUT2D eigenvalue weighted by Crippen LogP contribution is -2.44. The smallest absolute Gasteiger partial charge is 0.287 e. The Morgan fingerprint density at radius 2 is 1.80 bits per heavy atom. The number of carbonyl (C=O) groups is 1. The summed E-state index contributed by atoms with van der Waals surface area (Å²) in [6.07, 6.45) is 0. The first-order valence-electron chi connectivity index (χ1n) is 8.76. The third-order valence-corrected chi connectivity index (χ3v) is 4.94. The summed E-state index contributed by atoms with van der Waals surface area (Å²) in [7, 11) is 5.96. The molecule has 6 heteroatoms. The van der Waals surface area contributed by atoms with Gasteiger partial charge in [-0.3, -0.25) is 14.6 Å². The highest BCUT2D eigenvalue weighted by Gasteiger charge is 2.43. The Bertz CT molecular complexity index is 653. The van der Waals surface area contributed by atoms with Crippen molar-refractivity contribution in [3.8, 4) is 0 Å². The van der Waals surface area contributed by atoms with Gasteiger partial charge in [-0.1, -0.05) is 18.2 Å². The number of benzene rings is 1. The zero-order chi connectivity index (χ0) is 18.6. The van der Waals surface area contributed by atoms with Gasteiger partial charge >= 0.3 is 0 Å². The molecule has 0 radical (unpaired) electrons. The summed E-state index contributed by atoms with van der Waals surface area (Å²) in [4.78, 5) is 16.7. The van der Waals surface area contributed by atoms with E-state index >= 15 is 0 Å². The fourth-order valence-electron chi connectivity index (χ4n) is 3.36. The van der Waals surface area contributed by atoms with E-state index in [-0.39, 0.29) is 11.3 Å². The van der Waals surface area contributed by atoms with E-state index < -0.39 is 0 Å². The van der Waals surface area contributed by atoms with Crippen molar-refractivity contribution in [1.82, 2.24) is 20.4 Å². The average molecular weight is 346 g/mol. The van der Waals surface area contributed by atoms with Gasteiger partial charge in [0.05, 0.1) is 18.8 Å². The fourth-order valence-corrected chi connectivity index (χ4v) is 3.36. The van der Waals surface area contributed by atoms with E-state index in [1.165, 1.54) is 11.3 Å². The second kappa shape index (κ2) is 8.08. The highest BCUT2D eigenvalue weighted by molar-refractivity contribution is 5.94. The van der Waals surface area contributed by atoms with Crippen molar-refractivity contribution in [2.45, 2.75) is 26.2 Å². The van der Waals surface area contributed by atoms with Crippen LogP contribution < -0.4 is 10.6 Å². The predicted molar refractivity (Wildman–Crippen MR) is 102 cm³/mol. The fraction of sp³-hybridized carbons (Fsp3) is 0.579. The summed E-state index contributed by atoms with van der Waals surface area (Å²) >= 11 is 0. The Hall–Kier alpha value is -1.76. The molecule has 1 aromatic carbocycles. The van der Waals surface area contributed by atoms with Crippen molar-refractivity contribution in [3.63, 3.8) is 0 Å². The molecule has 2 rings (SSSR count). The van der Waals surface area contributed by atoms with Crippen molar-refractivity contribution in [2.24, 2.45) is 0 Å². The summed E-state index contributed by atoms with van der Waals surface area (Å²) in [6, 6.07) is 8.35. The van der Waals surface area contributed by atoms with Crippen LogP contribution in [0.3, 0.4) is 0 Å². The standard InChI is InChI=1S/C19H31N5O/c1-15-19(2,3)16-9-7-8-10-17(16)24(15)11-18(25)21-13-23(6)14-22(5)12-20-4/h7-10,20H,11-14H2,1-6H3/p+1. The molecule has 1 aliphatic heterocycles. The highest BCUT2D eigenvalue weighted by Crippen LogP contribution is 2.38. The Morgan fingerprint density at radius 1 is 1.16 bits per heavy atom. The number of nitrogens with zero attached hydrogens (tertiary/aromatic N) is 3. The largest absolute Gasteiger partial charge is 0.338 e. The first-order valence-corrected chi connectivity index (χ1v) is 8.76. The van der Waals surface area contributed by atoms with Crippen LogP contribution in [-0.2, 0) is 10.2 Å². The van der Waals surface area contributed by atoms with Gasteiger partial charge in [-0.05, 0) is 35.0 Å². The van der Waals surface area contributed by atoms with Gasteiger partial charge in [-0.15, -0.1) is 0 Å². The number of para-hydroxylation sites is 1. The second-order valence-electron chi connectivity index (χ2n) is 7.44. The molecule has 0 spiro atoms. The van der Waals surface area contributed by atoms with Crippen LogP contribution in [-0.4, -0.2) is 73.7 Å². The predicted octanol–water partition coefficient (Wildman–Crippen LogP) is 1.15. The SMILES string of the molecule is CNCN(C)CN(C)CNC(=O)C[N+]1=C(C)C(C)(C)c2ccccc21. The first-order chi connectivity index (χ1) is 11.8. The van der Waals surface area contributed by atoms with Gasteiger partial charge in [0.1, 0.15) is 0 Å². The summed E-state index contributed by atoms with van der Waals surface area (Å²) in [5.74, 6) is 0.0370. The lowest BCUT2D eigenvalue weighted by molar-refractivity contribution is -0.426. The normalized spacial score (nSPS) is 15.8. The molecule has 0 aliphatic carbocycles. The van der Waals surface area contributed by atoms with E-state index in [0.29, 0.717) is 13.2 Å². The molecule has 0 bridgehead atoms. The van der Waals surface area contributed by atoms with Gasteiger partial charge in [0, 0.05) is 25.2 Å². The van der Waals surface area contributed by atoms with Crippen molar-refractivity contribution in [1.29, 1.82) is 0 Å². The molecule has 1 aliphatic rings. The van der Waals surface area contributed by atoms with Gasteiger partial charge < -0.3 is 10.6 Å². The Kier molecular flexibility index (Phi) is 6.32. The minimum absolute atomic E-state index is 0.0370. The van der Waals surface area contributed by atoms with E-state index in [0.717, 1.165) is 19.0 Å². The molecular formula is C19H32N5O+. The number of amides is 1. The van der Waals surface area contributed by atoms with Crippen LogP contribution >= 0.6 is 0 Å². The van der Waals surface area contributed by atoms with Gasteiger partial charge in [0.25, 0.3) is 5.91 Å².